The summed E-state index contributed by atoms with van der Waals surface area (Å²) >= 11 is 1.96. The second-order valence-electron chi connectivity index (χ2n) is 19.1. The minimum atomic E-state index is -3.11. The Hall–Kier alpha value is -7.69. The number of rotatable bonds is 5. The van der Waals surface area contributed by atoms with Crippen LogP contribution in [-0.4, -0.2) is 12.6 Å². The second-order valence-corrected chi connectivity index (χ2v) is 23.9. The van der Waals surface area contributed by atoms with Gasteiger partial charge in [0.05, 0.1) is 11.0 Å². The van der Waals surface area contributed by atoms with Crippen LogP contribution in [0.2, 0.25) is 0 Å². The van der Waals surface area contributed by atoms with Gasteiger partial charge in [0, 0.05) is 31.7 Å². The number of aromatic nitrogens is 1. The first kappa shape index (κ1) is 39.5. The molecule has 1 aliphatic heterocycles. The van der Waals surface area contributed by atoms with Crippen LogP contribution in [0.25, 0.3) is 82.4 Å². The van der Waals surface area contributed by atoms with Crippen LogP contribution in [0.15, 0.2) is 246 Å². The molecular formula is C65H45NSSi. The highest BCUT2D eigenvalue weighted by atomic mass is 32.2. The predicted molar refractivity (Wildman–Crippen MR) is 292 cm³/mol. The lowest BCUT2D eigenvalue weighted by atomic mass is 9.82. The average molecular weight is 900 g/mol. The molecule has 0 saturated carbocycles. The van der Waals surface area contributed by atoms with E-state index < -0.39 is 8.07 Å². The van der Waals surface area contributed by atoms with Gasteiger partial charge in [-0.25, -0.2) is 0 Å². The quantitative estimate of drug-likeness (QED) is 0.156. The van der Waals surface area contributed by atoms with E-state index in [1.54, 1.807) is 0 Å². The van der Waals surface area contributed by atoms with E-state index in [0.717, 1.165) is 0 Å². The van der Waals surface area contributed by atoms with E-state index in [2.05, 4.69) is 255 Å². The lowest BCUT2D eigenvalue weighted by Crippen LogP contribution is -2.76. The molecule has 0 N–H and O–H groups in total. The molecule has 2 heterocycles. The first-order valence-corrected chi connectivity index (χ1v) is 26.6. The molecule has 1 nitrogen and oxygen atoms in total. The van der Waals surface area contributed by atoms with Crippen molar-refractivity contribution in [3.05, 3.63) is 248 Å². The summed E-state index contributed by atoms with van der Waals surface area (Å²) in [5.41, 5.74) is 14.1. The van der Waals surface area contributed by atoms with E-state index in [9.17, 15) is 0 Å². The van der Waals surface area contributed by atoms with Crippen LogP contribution in [0.4, 0.5) is 0 Å². The van der Waals surface area contributed by atoms with Gasteiger partial charge in [-0.05, 0) is 123 Å². The first-order valence-electron chi connectivity index (χ1n) is 23.7. The number of hydrogen-bond donors (Lipinski definition) is 0. The van der Waals surface area contributed by atoms with E-state index in [4.69, 9.17) is 0 Å². The minimum absolute atomic E-state index is 0.0520. The molecular weight excluding hydrogens is 855 g/mol. The summed E-state index contributed by atoms with van der Waals surface area (Å²) in [6, 6.07) is 89.9. The van der Waals surface area contributed by atoms with Crippen molar-refractivity contribution in [2.24, 2.45) is 0 Å². The highest BCUT2D eigenvalue weighted by Crippen LogP contribution is 2.50. The van der Waals surface area contributed by atoms with E-state index in [1.807, 2.05) is 11.8 Å². The SMILES string of the molecule is CC1(C)c2ccccc2-c2cc(-c3cccc4c3Sc3ccccc3[Si]4(c3ccc4cc(-n5c6ccccc6c6ccccc65)ccc4c3)c3ccc(-c4ccccc4)c4ccccc34)ccc21. The van der Waals surface area contributed by atoms with E-state index in [1.165, 1.54) is 124 Å². The van der Waals surface area contributed by atoms with Gasteiger partial charge < -0.3 is 4.57 Å². The number of fused-ring (bicyclic) bond motifs is 10. The zero-order valence-electron chi connectivity index (χ0n) is 37.9. The van der Waals surface area contributed by atoms with Gasteiger partial charge in [-0.1, -0.05) is 226 Å². The van der Waals surface area contributed by atoms with Crippen molar-refractivity contribution in [3.63, 3.8) is 0 Å². The third-order valence-electron chi connectivity index (χ3n) is 15.3. The monoisotopic (exact) mass is 899 g/mol. The van der Waals surface area contributed by atoms with E-state index in [-0.39, 0.29) is 5.41 Å². The number of hydrogen-bond acceptors (Lipinski definition) is 1. The standard InChI is InChI=1S/C65H45NSSi/c1-65(2)56-25-11-8-20-51(56)55-41-45(33-37-57(55)65)49-24-16-30-63-64(49)67-60-28-14-15-29-62(60)68(63,61-38-36-48(42-17-4-3-5-18-42)50-19-6-7-23-54(50)61)47-35-32-43-39-46(34-31-44(43)40-47)66-58-26-12-9-21-52(58)53-22-10-13-27-59(53)66/h3-41H,1-2H3. The van der Waals surface area contributed by atoms with Crippen molar-refractivity contribution in [2.75, 3.05) is 0 Å². The lowest BCUT2D eigenvalue weighted by molar-refractivity contribution is 0.660. The third kappa shape index (κ3) is 5.58. The molecule has 1 atom stereocenters. The highest BCUT2D eigenvalue weighted by molar-refractivity contribution is 8.00. The Morgan fingerprint density at radius 2 is 1.01 bits per heavy atom. The summed E-state index contributed by atoms with van der Waals surface area (Å²) < 4.78 is 2.43. The number of nitrogens with zero attached hydrogens (tertiary/aromatic N) is 1. The lowest BCUT2D eigenvalue weighted by Gasteiger charge is -2.41. The van der Waals surface area contributed by atoms with Crippen LogP contribution in [0.3, 0.4) is 0 Å². The van der Waals surface area contributed by atoms with Crippen LogP contribution < -0.4 is 20.7 Å². The fourth-order valence-corrected chi connectivity index (χ4v) is 19.6. The fraction of sp³-hybridized carbons (Fsp3) is 0.0462. The first-order chi connectivity index (χ1) is 33.5. The molecule has 0 radical (unpaired) electrons. The maximum atomic E-state index is 2.55. The molecule has 0 bridgehead atoms. The van der Waals surface area contributed by atoms with Crippen LogP contribution in [0, 0.1) is 0 Å². The van der Waals surface area contributed by atoms with Gasteiger partial charge in [0.15, 0.2) is 8.07 Å². The van der Waals surface area contributed by atoms with Crippen molar-refractivity contribution >= 4 is 83.9 Å². The zero-order valence-corrected chi connectivity index (χ0v) is 39.7. The van der Waals surface area contributed by atoms with Crippen molar-refractivity contribution in [1.29, 1.82) is 0 Å². The predicted octanol–water partition coefficient (Wildman–Crippen LogP) is 14.6. The van der Waals surface area contributed by atoms with Crippen LogP contribution >= 0.6 is 11.8 Å². The molecule has 320 valence electrons. The molecule has 12 aromatic rings. The Morgan fingerprint density at radius 1 is 0.382 bits per heavy atom. The molecule has 14 rings (SSSR count). The molecule has 11 aromatic carbocycles. The summed E-state index contributed by atoms with van der Waals surface area (Å²) in [6.07, 6.45) is 0. The van der Waals surface area contributed by atoms with Crippen LogP contribution in [-0.2, 0) is 5.41 Å². The zero-order chi connectivity index (χ0) is 45.1. The Kier molecular flexibility index (Phi) is 8.65. The summed E-state index contributed by atoms with van der Waals surface area (Å²) in [4.78, 5) is 2.70. The normalized spacial score (nSPS) is 15.6. The smallest absolute Gasteiger partial charge is 0.182 e. The van der Waals surface area contributed by atoms with Crippen molar-refractivity contribution in [2.45, 2.75) is 29.1 Å². The largest absolute Gasteiger partial charge is 0.309 e. The molecule has 3 heteroatoms. The van der Waals surface area contributed by atoms with Gasteiger partial charge in [-0.2, -0.15) is 0 Å². The van der Waals surface area contributed by atoms with E-state index in [0.29, 0.717) is 0 Å². The van der Waals surface area contributed by atoms with Crippen LogP contribution in [0.5, 0.6) is 0 Å². The molecule has 1 unspecified atom stereocenters. The molecule has 1 aromatic heterocycles. The number of benzene rings is 11. The maximum Gasteiger partial charge on any atom is 0.182 e. The summed E-state index contributed by atoms with van der Waals surface area (Å²) in [7, 11) is -3.11. The van der Waals surface area contributed by atoms with E-state index >= 15 is 0 Å². The van der Waals surface area contributed by atoms with Gasteiger partial charge in [-0.15, -0.1) is 0 Å². The Morgan fingerprint density at radius 3 is 1.84 bits per heavy atom. The van der Waals surface area contributed by atoms with Crippen molar-refractivity contribution < 1.29 is 0 Å². The van der Waals surface area contributed by atoms with Gasteiger partial charge >= 0.3 is 0 Å². The Balaban J connectivity index is 1.04. The minimum Gasteiger partial charge on any atom is -0.309 e. The van der Waals surface area contributed by atoms with Gasteiger partial charge in [0.2, 0.25) is 0 Å². The Bertz CT molecular complexity index is 4000. The van der Waals surface area contributed by atoms with Gasteiger partial charge in [0.25, 0.3) is 0 Å². The average Bonchev–Trinajstić information content (AvgIpc) is 3.85. The summed E-state index contributed by atoms with van der Waals surface area (Å²) in [5.74, 6) is 0. The number of para-hydroxylation sites is 2. The molecule has 0 saturated heterocycles. The second kappa shape index (κ2) is 14.9. The summed E-state index contributed by atoms with van der Waals surface area (Å²) in [6.45, 7) is 4.74. The van der Waals surface area contributed by atoms with Crippen molar-refractivity contribution in [1.82, 2.24) is 4.57 Å². The molecule has 0 spiro atoms. The van der Waals surface area contributed by atoms with Crippen molar-refractivity contribution in [3.8, 4) is 39.1 Å². The van der Waals surface area contributed by atoms with Gasteiger partial charge in [0.1, 0.15) is 0 Å². The summed E-state index contributed by atoms with van der Waals surface area (Å²) in [5, 5.41) is 13.3. The maximum absolute atomic E-state index is 3.11. The molecule has 2 aliphatic rings. The molecule has 0 fully saturated rings. The van der Waals surface area contributed by atoms with Gasteiger partial charge in [-0.3, -0.25) is 0 Å². The highest BCUT2D eigenvalue weighted by Gasteiger charge is 2.48. The topological polar surface area (TPSA) is 4.93 Å². The third-order valence-corrected chi connectivity index (χ3v) is 21.8. The Labute approximate surface area is 402 Å². The molecule has 1 aliphatic carbocycles. The fourth-order valence-electron chi connectivity index (χ4n) is 12.2. The van der Waals surface area contributed by atoms with Crippen LogP contribution in [0.1, 0.15) is 25.0 Å². The molecule has 68 heavy (non-hydrogen) atoms. The molecule has 0 amide bonds.